The SMILES string of the molecule is CCOc1nccc(C)c1C(=O)Nc1ccc(SCc2cccnc2)cc1. The van der Waals surface area contributed by atoms with E-state index in [1.165, 1.54) is 5.56 Å². The molecule has 0 saturated heterocycles. The van der Waals surface area contributed by atoms with Crippen LogP contribution in [0.15, 0.2) is 66.0 Å². The maximum absolute atomic E-state index is 12.7. The third-order valence-corrected chi connectivity index (χ3v) is 4.96. The number of ether oxygens (including phenoxy) is 1. The van der Waals surface area contributed by atoms with Crippen LogP contribution in [0, 0.1) is 6.92 Å². The Morgan fingerprint density at radius 1 is 1.15 bits per heavy atom. The second-order valence-electron chi connectivity index (χ2n) is 5.87. The Kier molecular flexibility index (Phi) is 6.44. The highest BCUT2D eigenvalue weighted by atomic mass is 32.2. The van der Waals surface area contributed by atoms with Crippen LogP contribution in [-0.2, 0) is 5.75 Å². The number of aromatic nitrogens is 2. The molecule has 138 valence electrons. The number of nitrogens with one attached hydrogen (secondary N) is 1. The topological polar surface area (TPSA) is 64.1 Å². The van der Waals surface area contributed by atoms with Gasteiger partial charge in [0.05, 0.1) is 6.61 Å². The maximum atomic E-state index is 12.7. The van der Waals surface area contributed by atoms with Crippen LogP contribution in [0.1, 0.15) is 28.4 Å². The number of amides is 1. The Labute approximate surface area is 163 Å². The molecule has 5 nitrogen and oxygen atoms in total. The number of carbonyl (C=O) groups excluding carboxylic acids is 1. The van der Waals surface area contributed by atoms with Gasteiger partial charge in [0.15, 0.2) is 0 Å². The lowest BCUT2D eigenvalue weighted by Crippen LogP contribution is -2.16. The van der Waals surface area contributed by atoms with Gasteiger partial charge < -0.3 is 10.1 Å². The molecule has 0 saturated carbocycles. The highest BCUT2D eigenvalue weighted by molar-refractivity contribution is 7.98. The van der Waals surface area contributed by atoms with Crippen molar-refractivity contribution in [3.63, 3.8) is 0 Å². The van der Waals surface area contributed by atoms with E-state index in [0.29, 0.717) is 18.1 Å². The molecular weight excluding hydrogens is 358 g/mol. The largest absolute Gasteiger partial charge is 0.477 e. The molecule has 1 aromatic carbocycles. The van der Waals surface area contributed by atoms with E-state index in [1.54, 1.807) is 30.2 Å². The fourth-order valence-electron chi connectivity index (χ4n) is 2.53. The number of benzene rings is 1. The number of nitrogens with zero attached hydrogens (tertiary/aromatic N) is 2. The molecule has 0 aliphatic rings. The summed E-state index contributed by atoms with van der Waals surface area (Å²) >= 11 is 1.73. The van der Waals surface area contributed by atoms with Gasteiger partial charge in [-0.05, 0) is 61.4 Å². The first-order valence-electron chi connectivity index (χ1n) is 8.69. The molecule has 0 spiro atoms. The van der Waals surface area contributed by atoms with Crippen LogP contribution < -0.4 is 10.1 Å². The fraction of sp³-hybridized carbons (Fsp3) is 0.190. The number of carbonyl (C=O) groups is 1. The van der Waals surface area contributed by atoms with Gasteiger partial charge in [-0.1, -0.05) is 6.07 Å². The zero-order chi connectivity index (χ0) is 19.1. The van der Waals surface area contributed by atoms with Crippen LogP contribution in [0.3, 0.4) is 0 Å². The molecule has 2 aromatic heterocycles. The molecule has 3 rings (SSSR count). The van der Waals surface area contributed by atoms with Crippen LogP contribution in [0.25, 0.3) is 0 Å². The number of pyridine rings is 2. The summed E-state index contributed by atoms with van der Waals surface area (Å²) in [7, 11) is 0. The smallest absolute Gasteiger partial charge is 0.261 e. The lowest BCUT2D eigenvalue weighted by molar-refractivity contribution is 0.102. The summed E-state index contributed by atoms with van der Waals surface area (Å²) in [6, 6.07) is 13.6. The normalized spacial score (nSPS) is 10.4. The summed E-state index contributed by atoms with van der Waals surface area (Å²) in [5, 5.41) is 2.92. The Bertz CT molecular complexity index is 899. The average molecular weight is 379 g/mol. The molecule has 1 amide bonds. The van der Waals surface area contributed by atoms with Crippen molar-refractivity contribution in [2.24, 2.45) is 0 Å². The van der Waals surface area contributed by atoms with Crippen LogP contribution >= 0.6 is 11.8 Å². The summed E-state index contributed by atoms with van der Waals surface area (Å²) in [6.45, 7) is 4.20. The molecule has 6 heteroatoms. The van der Waals surface area contributed by atoms with Gasteiger partial charge in [0.25, 0.3) is 5.91 Å². The van der Waals surface area contributed by atoms with E-state index in [1.807, 2.05) is 50.4 Å². The predicted molar refractivity (Wildman–Crippen MR) is 108 cm³/mol. The first-order valence-corrected chi connectivity index (χ1v) is 9.67. The molecule has 0 aliphatic carbocycles. The first kappa shape index (κ1) is 18.9. The van der Waals surface area contributed by atoms with Crippen LogP contribution in [0.4, 0.5) is 5.69 Å². The van der Waals surface area contributed by atoms with E-state index in [9.17, 15) is 4.79 Å². The predicted octanol–water partition coefficient (Wildman–Crippen LogP) is 4.73. The molecule has 0 aliphatic heterocycles. The molecule has 0 bridgehead atoms. The van der Waals surface area contributed by atoms with Crippen molar-refractivity contribution in [3.8, 4) is 5.88 Å². The molecule has 2 heterocycles. The van der Waals surface area contributed by atoms with Gasteiger partial charge >= 0.3 is 0 Å². The Morgan fingerprint density at radius 2 is 1.96 bits per heavy atom. The van der Waals surface area contributed by atoms with E-state index < -0.39 is 0 Å². The molecule has 0 radical (unpaired) electrons. The summed E-state index contributed by atoms with van der Waals surface area (Å²) in [4.78, 5) is 22.1. The summed E-state index contributed by atoms with van der Waals surface area (Å²) in [5.74, 6) is 0.991. The highest BCUT2D eigenvalue weighted by Crippen LogP contribution is 2.25. The fourth-order valence-corrected chi connectivity index (χ4v) is 3.37. The van der Waals surface area contributed by atoms with E-state index in [4.69, 9.17) is 4.74 Å². The van der Waals surface area contributed by atoms with Crippen LogP contribution in [-0.4, -0.2) is 22.5 Å². The highest BCUT2D eigenvalue weighted by Gasteiger charge is 2.17. The molecule has 0 atom stereocenters. The molecule has 1 N–H and O–H groups in total. The zero-order valence-electron chi connectivity index (χ0n) is 15.3. The van der Waals surface area contributed by atoms with E-state index in [-0.39, 0.29) is 5.91 Å². The van der Waals surface area contributed by atoms with E-state index in [0.717, 1.165) is 21.9 Å². The number of thioether (sulfide) groups is 1. The van der Waals surface area contributed by atoms with Crippen LogP contribution in [0.5, 0.6) is 5.88 Å². The number of aryl methyl sites for hydroxylation is 1. The summed E-state index contributed by atoms with van der Waals surface area (Å²) in [6.07, 6.45) is 5.28. The lowest BCUT2D eigenvalue weighted by atomic mass is 10.1. The molecule has 27 heavy (non-hydrogen) atoms. The maximum Gasteiger partial charge on any atom is 0.261 e. The first-order chi connectivity index (χ1) is 13.2. The average Bonchev–Trinajstić information content (AvgIpc) is 2.68. The van der Waals surface area contributed by atoms with Gasteiger partial charge in [-0.3, -0.25) is 9.78 Å². The third kappa shape index (κ3) is 5.08. The van der Waals surface area contributed by atoms with Gasteiger partial charge in [-0.15, -0.1) is 11.8 Å². The summed E-state index contributed by atoms with van der Waals surface area (Å²) in [5.41, 5.74) is 3.20. The Balaban J connectivity index is 1.65. The number of hydrogen-bond donors (Lipinski definition) is 1. The number of anilines is 1. The van der Waals surface area contributed by atoms with Crippen LogP contribution in [0.2, 0.25) is 0 Å². The van der Waals surface area contributed by atoms with Crippen molar-refractivity contribution >= 4 is 23.4 Å². The van der Waals surface area contributed by atoms with Crippen molar-refractivity contribution in [1.29, 1.82) is 0 Å². The minimum absolute atomic E-state index is 0.222. The molecule has 3 aromatic rings. The lowest BCUT2D eigenvalue weighted by Gasteiger charge is -2.12. The third-order valence-electron chi connectivity index (χ3n) is 3.87. The van der Waals surface area contributed by atoms with Crippen molar-refractivity contribution in [2.45, 2.75) is 24.5 Å². The quantitative estimate of drug-likeness (QED) is 0.601. The van der Waals surface area contributed by atoms with Crippen molar-refractivity contribution in [1.82, 2.24) is 9.97 Å². The second kappa shape index (κ2) is 9.19. The van der Waals surface area contributed by atoms with Crippen molar-refractivity contribution in [2.75, 3.05) is 11.9 Å². The van der Waals surface area contributed by atoms with Crippen molar-refractivity contribution in [3.05, 3.63) is 77.7 Å². The van der Waals surface area contributed by atoms with Gasteiger partial charge in [0.2, 0.25) is 5.88 Å². The molecular formula is C21H21N3O2S. The minimum Gasteiger partial charge on any atom is -0.477 e. The monoisotopic (exact) mass is 379 g/mol. The standard InChI is InChI=1S/C21H21N3O2S/c1-3-26-21-19(15(2)10-12-23-21)20(25)24-17-6-8-18(9-7-17)27-14-16-5-4-11-22-13-16/h4-13H,3,14H2,1-2H3,(H,24,25). The second-order valence-corrected chi connectivity index (χ2v) is 6.92. The summed E-state index contributed by atoms with van der Waals surface area (Å²) < 4.78 is 5.49. The van der Waals surface area contributed by atoms with Gasteiger partial charge in [0, 0.05) is 34.9 Å². The van der Waals surface area contributed by atoms with Gasteiger partial charge in [-0.2, -0.15) is 0 Å². The minimum atomic E-state index is -0.222. The number of hydrogen-bond acceptors (Lipinski definition) is 5. The van der Waals surface area contributed by atoms with E-state index >= 15 is 0 Å². The zero-order valence-corrected chi connectivity index (χ0v) is 16.1. The Hall–Kier alpha value is -2.86. The number of rotatable bonds is 7. The molecule has 0 fully saturated rings. The van der Waals surface area contributed by atoms with Gasteiger partial charge in [-0.25, -0.2) is 4.98 Å². The van der Waals surface area contributed by atoms with E-state index in [2.05, 4.69) is 21.4 Å². The van der Waals surface area contributed by atoms with Crippen molar-refractivity contribution < 1.29 is 9.53 Å². The molecule has 0 unspecified atom stereocenters. The van der Waals surface area contributed by atoms with Gasteiger partial charge in [0.1, 0.15) is 5.56 Å². The Morgan fingerprint density at radius 3 is 2.67 bits per heavy atom.